The Labute approximate surface area is 324 Å². The van der Waals surface area contributed by atoms with Crippen molar-refractivity contribution in [3.05, 3.63) is 60.8 Å². The second kappa shape index (κ2) is 31.4. The third-order valence-electron chi connectivity index (χ3n) is 9.07. The van der Waals surface area contributed by atoms with Crippen LogP contribution >= 0.6 is 7.82 Å². The van der Waals surface area contributed by atoms with Crippen LogP contribution in [0.25, 0.3) is 0 Å². The largest absolute Gasteiger partial charge is 0.756 e. The Morgan fingerprint density at radius 2 is 1.30 bits per heavy atom. The van der Waals surface area contributed by atoms with Gasteiger partial charge in [0.1, 0.15) is 13.2 Å². The van der Waals surface area contributed by atoms with Gasteiger partial charge in [-0.2, -0.15) is 0 Å². The van der Waals surface area contributed by atoms with Crippen molar-refractivity contribution in [1.82, 2.24) is 5.32 Å². The van der Waals surface area contributed by atoms with Crippen LogP contribution in [-0.2, 0) is 23.1 Å². The number of amides is 1. The molecule has 1 saturated heterocycles. The van der Waals surface area contributed by atoms with Crippen LogP contribution in [0, 0.1) is 0 Å². The Hall–Kier alpha value is -1.84. The molecular weight excluding hydrogens is 687 g/mol. The quantitative estimate of drug-likeness (QED) is 0.0217. The maximum Gasteiger partial charge on any atom is 0.268 e. The first-order valence-corrected chi connectivity index (χ1v) is 22.2. The van der Waals surface area contributed by atoms with Gasteiger partial charge in [0.25, 0.3) is 7.82 Å². The Balaban J connectivity index is 2.41. The van der Waals surface area contributed by atoms with Crippen molar-refractivity contribution >= 4 is 13.7 Å². The molecule has 0 saturated carbocycles. The first-order chi connectivity index (χ1) is 25.5. The summed E-state index contributed by atoms with van der Waals surface area (Å²) in [6.45, 7) is 4.47. The summed E-state index contributed by atoms with van der Waals surface area (Å²) >= 11 is 0. The molecule has 10 heteroatoms. The summed E-state index contributed by atoms with van der Waals surface area (Å²) in [4.78, 5) is 25.2. The fraction of sp³-hybridized carbons (Fsp3) is 0.744. The van der Waals surface area contributed by atoms with Gasteiger partial charge in [-0.3, -0.25) is 9.36 Å². The molecule has 0 spiro atoms. The minimum atomic E-state index is -4.61. The van der Waals surface area contributed by atoms with Gasteiger partial charge in [0.15, 0.2) is 0 Å². The predicted molar refractivity (Wildman–Crippen MR) is 218 cm³/mol. The van der Waals surface area contributed by atoms with Gasteiger partial charge < -0.3 is 33.6 Å². The molecule has 0 aromatic rings. The summed E-state index contributed by atoms with van der Waals surface area (Å²) in [5, 5.41) is 13.7. The van der Waals surface area contributed by atoms with Crippen LogP contribution < -0.4 is 10.2 Å². The number of rotatable bonds is 35. The molecule has 1 aliphatic rings. The number of unbranched alkanes of at least 4 members (excludes halogenated alkanes) is 12. The predicted octanol–water partition coefficient (Wildman–Crippen LogP) is 9.43. The van der Waals surface area contributed by atoms with Crippen molar-refractivity contribution in [3.8, 4) is 0 Å². The number of nitrogens with zero attached hydrogens (tertiary/aromatic N) is 1. The van der Waals surface area contributed by atoms with E-state index in [1.165, 1.54) is 57.8 Å². The average Bonchev–Trinajstić information content (AvgIpc) is 3.86. The van der Waals surface area contributed by atoms with Gasteiger partial charge in [-0.15, -0.1) is 0 Å². The molecule has 1 rings (SSSR count). The lowest BCUT2D eigenvalue weighted by atomic mass is 10.1. The lowest BCUT2D eigenvalue weighted by Gasteiger charge is -2.29. The van der Waals surface area contributed by atoms with Gasteiger partial charge in [-0.1, -0.05) is 120 Å². The maximum atomic E-state index is 12.8. The normalized spacial score (nSPS) is 18.9. The van der Waals surface area contributed by atoms with Gasteiger partial charge in [0.05, 0.1) is 52.1 Å². The van der Waals surface area contributed by atoms with E-state index in [2.05, 4.69) is 67.8 Å². The van der Waals surface area contributed by atoms with Crippen molar-refractivity contribution in [2.45, 2.75) is 167 Å². The van der Waals surface area contributed by atoms with Gasteiger partial charge in [-0.25, -0.2) is 0 Å². The van der Waals surface area contributed by atoms with E-state index in [1.807, 2.05) is 27.2 Å². The standard InChI is InChI=1S/C43H77N2O7P/c1-6-8-10-12-14-15-16-17-18-19-21-24-28-32-40(46)39(38-51-53(48,49)50-37-36-45(3,4)5)44-43(47)35-31-27-23-20-22-26-30-34-42-41(52-42)33-29-25-13-11-9-7-2/h10,12,20,23,25-26,28-30,32,39-42,46H,6-9,11,13-19,21-22,24,27,31,33-38H2,1-5H3,(H-,44,47,48,49)/b12-10-,23-20-,29-25-,30-26-,32-28+/t39-,40+,41?,42?/m0/s1. The number of ether oxygens (including phenoxy) is 1. The van der Waals surface area contributed by atoms with Crippen molar-refractivity contribution in [3.63, 3.8) is 0 Å². The number of carbonyl (C=O) groups excluding carboxylic acids is 1. The lowest BCUT2D eigenvalue weighted by Crippen LogP contribution is -2.45. The zero-order chi connectivity index (χ0) is 39.0. The van der Waals surface area contributed by atoms with Crippen molar-refractivity contribution < 1.29 is 37.6 Å². The molecule has 2 N–H and O–H groups in total. The molecule has 1 aliphatic heterocycles. The first kappa shape index (κ1) is 49.2. The summed E-state index contributed by atoms with van der Waals surface area (Å²) < 4.78 is 28.9. The van der Waals surface area contributed by atoms with Gasteiger partial charge in [-0.05, 0) is 77.0 Å². The highest BCUT2D eigenvalue weighted by Crippen LogP contribution is 2.38. The molecule has 3 unspecified atom stereocenters. The number of quaternary nitrogens is 1. The zero-order valence-electron chi connectivity index (χ0n) is 34.1. The van der Waals surface area contributed by atoms with Crippen LogP contribution in [0.2, 0.25) is 0 Å². The number of hydrogen-bond donors (Lipinski definition) is 2. The Bertz CT molecular complexity index is 1110. The van der Waals surface area contributed by atoms with E-state index >= 15 is 0 Å². The number of phosphoric acid groups is 1. The fourth-order valence-electron chi connectivity index (χ4n) is 5.60. The number of epoxide rings is 1. The van der Waals surface area contributed by atoms with Crippen LogP contribution in [0.1, 0.15) is 142 Å². The SMILES string of the molecule is CCC/C=C\CCCCCCCC/C=C/[C@@H](O)[C@H](COP(=O)([O-])OCC[N+](C)(C)C)NC(=O)CCC/C=C\C/C=C\CC1OC1C/C=C\CCCCC. The topological polar surface area (TPSA) is 120 Å². The van der Waals surface area contributed by atoms with Crippen LogP contribution in [0.4, 0.5) is 0 Å². The lowest BCUT2D eigenvalue weighted by molar-refractivity contribution is -0.870. The smallest absolute Gasteiger partial charge is 0.268 e. The maximum absolute atomic E-state index is 12.8. The van der Waals surface area contributed by atoms with E-state index in [9.17, 15) is 19.4 Å². The highest BCUT2D eigenvalue weighted by atomic mass is 31.2. The third-order valence-corrected chi connectivity index (χ3v) is 10.0. The fourth-order valence-corrected chi connectivity index (χ4v) is 6.32. The molecule has 5 atom stereocenters. The van der Waals surface area contributed by atoms with E-state index in [0.717, 1.165) is 57.8 Å². The Morgan fingerprint density at radius 1 is 0.755 bits per heavy atom. The molecule has 0 aromatic carbocycles. The number of likely N-dealkylation sites (N-methyl/N-ethyl adjacent to an activating group) is 1. The number of allylic oxidation sites excluding steroid dienone is 7. The molecular formula is C43H77N2O7P. The van der Waals surface area contributed by atoms with E-state index in [1.54, 1.807) is 6.08 Å². The molecule has 1 amide bonds. The highest BCUT2D eigenvalue weighted by Gasteiger charge is 2.36. The second-order valence-corrected chi connectivity index (χ2v) is 16.8. The van der Waals surface area contributed by atoms with E-state index in [0.29, 0.717) is 29.7 Å². The van der Waals surface area contributed by atoms with E-state index in [-0.39, 0.29) is 18.9 Å². The monoisotopic (exact) mass is 765 g/mol. The van der Waals surface area contributed by atoms with E-state index in [4.69, 9.17) is 13.8 Å². The van der Waals surface area contributed by atoms with Gasteiger partial charge in [0, 0.05) is 6.42 Å². The highest BCUT2D eigenvalue weighted by molar-refractivity contribution is 7.45. The minimum absolute atomic E-state index is 0.0183. The average molecular weight is 765 g/mol. The number of carbonyl (C=O) groups is 1. The van der Waals surface area contributed by atoms with Gasteiger partial charge in [0.2, 0.25) is 5.91 Å². The number of hydrogen-bond acceptors (Lipinski definition) is 7. The van der Waals surface area contributed by atoms with Crippen molar-refractivity contribution in [2.75, 3.05) is 40.9 Å². The summed E-state index contributed by atoms with van der Waals surface area (Å²) in [7, 11) is 1.20. The zero-order valence-corrected chi connectivity index (χ0v) is 35.0. The number of phosphoric ester groups is 1. The molecule has 0 bridgehead atoms. The van der Waals surface area contributed by atoms with Crippen LogP contribution in [0.5, 0.6) is 0 Å². The summed E-state index contributed by atoms with van der Waals surface area (Å²) in [6, 6.07) is -0.924. The summed E-state index contributed by atoms with van der Waals surface area (Å²) in [5.74, 6) is -0.262. The molecule has 0 aliphatic carbocycles. The molecule has 1 heterocycles. The van der Waals surface area contributed by atoms with Crippen molar-refractivity contribution in [2.24, 2.45) is 0 Å². The summed E-state index contributed by atoms with van der Waals surface area (Å²) in [6.07, 6.45) is 41.5. The number of aliphatic hydroxyl groups is 1. The summed E-state index contributed by atoms with van der Waals surface area (Å²) in [5.41, 5.74) is 0. The first-order valence-electron chi connectivity index (χ1n) is 20.8. The minimum Gasteiger partial charge on any atom is -0.756 e. The van der Waals surface area contributed by atoms with Crippen LogP contribution in [0.3, 0.4) is 0 Å². The molecule has 9 nitrogen and oxygen atoms in total. The molecule has 306 valence electrons. The van der Waals surface area contributed by atoms with Crippen LogP contribution in [-0.4, -0.2) is 80.8 Å². The molecule has 0 radical (unpaired) electrons. The van der Waals surface area contributed by atoms with Gasteiger partial charge >= 0.3 is 0 Å². The van der Waals surface area contributed by atoms with E-state index < -0.39 is 26.6 Å². The Kier molecular flexibility index (Phi) is 29.1. The molecule has 1 fully saturated rings. The van der Waals surface area contributed by atoms with Crippen LogP contribution in [0.15, 0.2) is 60.8 Å². The van der Waals surface area contributed by atoms with Crippen molar-refractivity contribution in [1.29, 1.82) is 0 Å². The Morgan fingerprint density at radius 3 is 1.96 bits per heavy atom. The second-order valence-electron chi connectivity index (χ2n) is 15.4. The molecule has 53 heavy (non-hydrogen) atoms. The number of nitrogens with one attached hydrogen (secondary N) is 1. The molecule has 0 aromatic heterocycles. The third kappa shape index (κ3) is 31.1. The number of aliphatic hydroxyl groups excluding tert-OH is 1.